The standard InChI is InChI=1S/C20H15FINO2S/c21-15-8-9-17(16(22)11-15)23(13-14-5-2-1-3-6-14)20(25)12-18(24)19-7-4-10-26-19/h1-11H,12-13H2. The molecular formula is C20H15FINO2S. The lowest BCUT2D eigenvalue weighted by Crippen LogP contribution is -2.32. The number of ketones is 1. The van der Waals surface area contributed by atoms with Gasteiger partial charge in [0.2, 0.25) is 5.91 Å². The zero-order chi connectivity index (χ0) is 18.5. The molecule has 0 radical (unpaired) electrons. The molecule has 0 unspecified atom stereocenters. The highest BCUT2D eigenvalue weighted by Gasteiger charge is 2.22. The van der Waals surface area contributed by atoms with Gasteiger partial charge in [0.05, 0.1) is 23.5 Å². The number of hydrogen-bond acceptors (Lipinski definition) is 3. The number of thiophene rings is 1. The Kier molecular flexibility index (Phi) is 6.16. The summed E-state index contributed by atoms with van der Waals surface area (Å²) in [5.41, 5.74) is 1.53. The van der Waals surface area contributed by atoms with Gasteiger partial charge in [-0.25, -0.2) is 4.39 Å². The van der Waals surface area contributed by atoms with Crippen LogP contribution in [0, 0.1) is 9.39 Å². The molecule has 0 atom stereocenters. The van der Waals surface area contributed by atoms with E-state index < -0.39 is 0 Å². The average Bonchev–Trinajstić information content (AvgIpc) is 3.16. The minimum Gasteiger partial charge on any atom is -0.307 e. The summed E-state index contributed by atoms with van der Waals surface area (Å²) in [5.74, 6) is -0.878. The van der Waals surface area contributed by atoms with Gasteiger partial charge in [-0.3, -0.25) is 9.59 Å². The summed E-state index contributed by atoms with van der Waals surface area (Å²) in [6.45, 7) is 0.318. The number of carbonyl (C=O) groups is 2. The fourth-order valence-electron chi connectivity index (χ4n) is 2.53. The summed E-state index contributed by atoms with van der Waals surface area (Å²) in [4.78, 5) is 27.4. The maximum atomic E-state index is 13.5. The summed E-state index contributed by atoms with van der Waals surface area (Å²) < 4.78 is 14.1. The van der Waals surface area contributed by atoms with Gasteiger partial charge in [-0.1, -0.05) is 36.4 Å². The zero-order valence-electron chi connectivity index (χ0n) is 13.7. The quantitative estimate of drug-likeness (QED) is 0.274. The molecule has 6 heteroatoms. The van der Waals surface area contributed by atoms with E-state index in [0.717, 1.165) is 5.56 Å². The second kappa shape index (κ2) is 8.55. The summed E-state index contributed by atoms with van der Waals surface area (Å²) in [5, 5.41) is 1.81. The fraction of sp³-hybridized carbons (Fsp3) is 0.100. The Hall–Kier alpha value is -2.06. The van der Waals surface area contributed by atoms with Crippen molar-refractivity contribution in [2.45, 2.75) is 13.0 Å². The number of anilines is 1. The van der Waals surface area contributed by atoms with Gasteiger partial charge in [0.25, 0.3) is 0 Å². The molecule has 3 rings (SSSR count). The summed E-state index contributed by atoms with van der Waals surface area (Å²) in [6.07, 6.45) is -0.221. The number of benzene rings is 2. The van der Waals surface area contributed by atoms with Gasteiger partial charge >= 0.3 is 0 Å². The van der Waals surface area contributed by atoms with E-state index in [0.29, 0.717) is 20.7 Å². The first-order chi connectivity index (χ1) is 12.5. The number of amides is 1. The molecule has 1 heterocycles. The number of halogens is 2. The van der Waals surface area contributed by atoms with E-state index in [2.05, 4.69) is 0 Å². The molecule has 0 aliphatic carbocycles. The van der Waals surface area contributed by atoms with Crippen molar-refractivity contribution in [1.29, 1.82) is 0 Å². The second-order valence-electron chi connectivity index (χ2n) is 5.64. The molecule has 0 aliphatic heterocycles. The molecule has 1 aromatic heterocycles. The highest BCUT2D eigenvalue weighted by Crippen LogP contribution is 2.26. The Morgan fingerprint density at radius 1 is 1.04 bits per heavy atom. The van der Waals surface area contributed by atoms with E-state index in [1.54, 1.807) is 23.1 Å². The van der Waals surface area contributed by atoms with Crippen LogP contribution < -0.4 is 4.90 Å². The first-order valence-corrected chi connectivity index (χ1v) is 9.86. The zero-order valence-corrected chi connectivity index (χ0v) is 16.7. The van der Waals surface area contributed by atoms with Crippen molar-refractivity contribution in [2.75, 3.05) is 4.90 Å². The summed E-state index contributed by atoms with van der Waals surface area (Å²) >= 11 is 3.32. The molecule has 132 valence electrons. The number of nitrogens with zero attached hydrogens (tertiary/aromatic N) is 1. The van der Waals surface area contributed by atoms with Crippen LogP contribution in [0.3, 0.4) is 0 Å². The maximum absolute atomic E-state index is 13.5. The Morgan fingerprint density at radius 2 is 1.81 bits per heavy atom. The Bertz CT molecular complexity index is 913. The van der Waals surface area contributed by atoms with Gasteiger partial charge in [-0.2, -0.15) is 0 Å². The van der Waals surface area contributed by atoms with Crippen LogP contribution in [0.5, 0.6) is 0 Å². The smallest absolute Gasteiger partial charge is 0.235 e. The van der Waals surface area contributed by atoms with E-state index in [1.165, 1.54) is 23.5 Å². The van der Waals surface area contributed by atoms with Crippen LogP contribution in [0.15, 0.2) is 66.0 Å². The lowest BCUT2D eigenvalue weighted by molar-refractivity contribution is -0.117. The van der Waals surface area contributed by atoms with Gasteiger partial charge in [0.1, 0.15) is 5.82 Å². The molecule has 1 amide bonds. The number of carbonyl (C=O) groups excluding carboxylic acids is 2. The molecule has 0 saturated carbocycles. The molecule has 0 saturated heterocycles. The Labute approximate surface area is 168 Å². The minimum atomic E-state index is -0.361. The molecule has 0 bridgehead atoms. The van der Waals surface area contributed by atoms with Crippen LogP contribution in [-0.4, -0.2) is 11.7 Å². The van der Waals surface area contributed by atoms with Gasteiger partial charge < -0.3 is 4.90 Å². The van der Waals surface area contributed by atoms with Crippen molar-refractivity contribution < 1.29 is 14.0 Å². The number of hydrogen-bond donors (Lipinski definition) is 0. The largest absolute Gasteiger partial charge is 0.307 e. The minimum absolute atomic E-state index is 0.208. The van der Waals surface area contributed by atoms with E-state index in [-0.39, 0.29) is 23.9 Å². The van der Waals surface area contributed by atoms with Crippen LogP contribution in [0.2, 0.25) is 0 Å². The normalized spacial score (nSPS) is 10.5. The van der Waals surface area contributed by atoms with Crippen molar-refractivity contribution in [3.63, 3.8) is 0 Å². The summed E-state index contributed by atoms with van der Waals surface area (Å²) in [6, 6.07) is 17.3. The molecule has 0 aliphatic rings. The van der Waals surface area contributed by atoms with Crippen molar-refractivity contribution in [3.05, 3.63) is 85.9 Å². The predicted molar refractivity (Wildman–Crippen MR) is 110 cm³/mol. The average molecular weight is 479 g/mol. The van der Waals surface area contributed by atoms with Crippen LogP contribution in [0.1, 0.15) is 21.7 Å². The van der Waals surface area contributed by atoms with Gasteiger partial charge in [0, 0.05) is 3.57 Å². The molecule has 0 spiro atoms. The summed E-state index contributed by atoms with van der Waals surface area (Å²) in [7, 11) is 0. The lowest BCUT2D eigenvalue weighted by atomic mass is 10.1. The van der Waals surface area contributed by atoms with Gasteiger partial charge in [0.15, 0.2) is 5.78 Å². The molecule has 3 nitrogen and oxygen atoms in total. The van der Waals surface area contributed by atoms with Crippen LogP contribution in [0.25, 0.3) is 0 Å². The first-order valence-electron chi connectivity index (χ1n) is 7.90. The Balaban J connectivity index is 1.89. The van der Waals surface area contributed by atoms with E-state index in [9.17, 15) is 14.0 Å². The molecule has 26 heavy (non-hydrogen) atoms. The highest BCUT2D eigenvalue weighted by atomic mass is 127. The molecule has 0 N–H and O–H groups in total. The van der Waals surface area contributed by atoms with Crippen LogP contribution in [0.4, 0.5) is 10.1 Å². The maximum Gasteiger partial charge on any atom is 0.235 e. The van der Waals surface area contributed by atoms with Crippen molar-refractivity contribution in [2.24, 2.45) is 0 Å². The van der Waals surface area contributed by atoms with Crippen molar-refractivity contribution >= 4 is 51.3 Å². The third-order valence-electron chi connectivity index (χ3n) is 3.79. The van der Waals surface area contributed by atoms with Crippen LogP contribution in [-0.2, 0) is 11.3 Å². The lowest BCUT2D eigenvalue weighted by Gasteiger charge is -2.24. The third-order valence-corrected chi connectivity index (χ3v) is 5.57. The third kappa shape index (κ3) is 4.56. The predicted octanol–water partition coefficient (Wildman–Crippen LogP) is 5.30. The van der Waals surface area contributed by atoms with E-state index in [1.807, 2.05) is 58.3 Å². The molecule has 2 aromatic carbocycles. The van der Waals surface area contributed by atoms with Crippen molar-refractivity contribution in [1.82, 2.24) is 0 Å². The van der Waals surface area contributed by atoms with E-state index >= 15 is 0 Å². The SMILES string of the molecule is O=C(CC(=O)N(Cc1ccccc1)c1ccc(F)cc1I)c1cccs1. The topological polar surface area (TPSA) is 37.4 Å². The monoisotopic (exact) mass is 479 g/mol. The fourth-order valence-corrected chi connectivity index (χ4v) is 3.96. The van der Waals surface area contributed by atoms with Crippen molar-refractivity contribution in [3.8, 4) is 0 Å². The molecule has 3 aromatic rings. The van der Waals surface area contributed by atoms with E-state index in [4.69, 9.17) is 0 Å². The Morgan fingerprint density at radius 3 is 2.46 bits per heavy atom. The first kappa shape index (κ1) is 18.7. The van der Waals surface area contributed by atoms with Gasteiger partial charge in [-0.15, -0.1) is 11.3 Å². The number of rotatable bonds is 6. The van der Waals surface area contributed by atoms with Gasteiger partial charge in [-0.05, 0) is 57.8 Å². The molecule has 0 fully saturated rings. The second-order valence-corrected chi connectivity index (χ2v) is 7.75. The molecular weight excluding hydrogens is 464 g/mol. The van der Waals surface area contributed by atoms with Crippen LogP contribution >= 0.6 is 33.9 Å². The number of Topliss-reactive ketones (excluding diaryl/α,β-unsaturated/α-hetero) is 1. The highest BCUT2D eigenvalue weighted by molar-refractivity contribution is 14.1.